The zero-order valence-corrected chi connectivity index (χ0v) is 27.2. The Kier molecular flexibility index (Phi) is 6.69. The number of hydrogen-bond donors (Lipinski definition) is 0. The Balaban J connectivity index is 1.43. The maximum Gasteiger partial charge on any atom is -0.00199 e. The van der Waals surface area contributed by atoms with Crippen molar-refractivity contribution in [2.75, 3.05) is 0 Å². The third kappa shape index (κ3) is 4.53. The average Bonchev–Trinajstić information content (AvgIpc) is 3.14. The molecule has 9 aromatic carbocycles. The van der Waals surface area contributed by atoms with E-state index in [1.165, 1.54) is 98.7 Å². The molecule has 0 spiro atoms. The van der Waals surface area contributed by atoms with Crippen molar-refractivity contribution in [3.8, 4) is 44.5 Å². The topological polar surface area (TPSA) is 0 Å². The van der Waals surface area contributed by atoms with Gasteiger partial charge in [0, 0.05) is 0 Å². The summed E-state index contributed by atoms with van der Waals surface area (Å²) in [7, 11) is 0. The summed E-state index contributed by atoms with van der Waals surface area (Å²) in [6, 6.07) is 62.8. The van der Waals surface area contributed by atoms with Gasteiger partial charge >= 0.3 is 0 Å². The third-order valence-corrected chi connectivity index (χ3v) is 10.2. The number of rotatable bonds is 4. The second kappa shape index (κ2) is 11.4. The minimum atomic E-state index is 1.22. The number of hydrogen-bond acceptors (Lipinski definition) is 0. The predicted molar refractivity (Wildman–Crippen MR) is 208 cm³/mol. The molecule has 0 N–H and O–H groups in total. The molecule has 0 bridgehead atoms. The van der Waals surface area contributed by atoms with Crippen molar-refractivity contribution < 1.29 is 0 Å². The van der Waals surface area contributed by atoms with Gasteiger partial charge in [-0.15, -0.1) is 0 Å². The molecule has 0 fully saturated rings. The molecule has 0 amide bonds. The van der Waals surface area contributed by atoms with Crippen LogP contribution >= 0.6 is 0 Å². The van der Waals surface area contributed by atoms with Gasteiger partial charge in [-0.3, -0.25) is 0 Å². The van der Waals surface area contributed by atoms with Crippen LogP contribution < -0.4 is 0 Å². The zero-order chi connectivity index (χ0) is 32.2. The summed E-state index contributed by atoms with van der Waals surface area (Å²) in [5.74, 6) is 0. The number of fused-ring (bicyclic) bond motifs is 4. The van der Waals surface area contributed by atoms with Gasteiger partial charge in [0.1, 0.15) is 0 Å². The van der Waals surface area contributed by atoms with Crippen LogP contribution in [0.1, 0.15) is 11.1 Å². The molecular weight excluding hydrogens is 577 g/mol. The van der Waals surface area contributed by atoms with Crippen molar-refractivity contribution in [2.24, 2.45) is 0 Å². The second-order valence-corrected chi connectivity index (χ2v) is 13.0. The van der Waals surface area contributed by atoms with Gasteiger partial charge in [-0.1, -0.05) is 164 Å². The summed E-state index contributed by atoms with van der Waals surface area (Å²) >= 11 is 0. The van der Waals surface area contributed by atoms with E-state index >= 15 is 0 Å². The molecule has 9 aromatic rings. The lowest BCUT2D eigenvalue weighted by atomic mass is 9.82. The molecule has 0 atom stereocenters. The Hall–Kier alpha value is -5.98. The van der Waals surface area contributed by atoms with Crippen LogP contribution in [0.15, 0.2) is 170 Å². The summed E-state index contributed by atoms with van der Waals surface area (Å²) in [5, 5.41) is 10.1. The fourth-order valence-electron chi connectivity index (χ4n) is 7.72. The lowest BCUT2D eigenvalue weighted by molar-refractivity contribution is 1.34. The zero-order valence-electron chi connectivity index (χ0n) is 27.2. The van der Waals surface area contributed by atoms with Crippen molar-refractivity contribution in [2.45, 2.75) is 13.8 Å². The van der Waals surface area contributed by atoms with E-state index in [0.29, 0.717) is 0 Å². The van der Waals surface area contributed by atoms with Crippen LogP contribution in [0, 0.1) is 13.8 Å². The van der Waals surface area contributed by atoms with Crippen LogP contribution in [0.3, 0.4) is 0 Å². The highest BCUT2D eigenvalue weighted by Crippen LogP contribution is 2.48. The fourth-order valence-corrected chi connectivity index (χ4v) is 7.72. The highest BCUT2D eigenvalue weighted by Gasteiger charge is 2.21. The summed E-state index contributed by atoms with van der Waals surface area (Å²) in [5.41, 5.74) is 12.7. The number of benzene rings is 9. The lowest BCUT2D eigenvalue weighted by Gasteiger charge is -2.21. The molecule has 0 saturated carbocycles. The maximum absolute atomic E-state index is 2.45. The van der Waals surface area contributed by atoms with Crippen LogP contribution in [0.25, 0.3) is 87.6 Å². The van der Waals surface area contributed by atoms with Crippen LogP contribution in [0.4, 0.5) is 0 Å². The Morgan fingerprint density at radius 2 is 0.750 bits per heavy atom. The van der Waals surface area contributed by atoms with Crippen LogP contribution in [0.5, 0.6) is 0 Å². The minimum Gasteiger partial charge on any atom is -0.0616 e. The molecule has 0 aliphatic rings. The first kappa shape index (κ1) is 28.3. The fraction of sp³-hybridized carbons (Fsp3) is 0.0417. The van der Waals surface area contributed by atoms with E-state index in [1.54, 1.807) is 0 Å². The minimum absolute atomic E-state index is 1.22. The third-order valence-electron chi connectivity index (χ3n) is 10.2. The van der Waals surface area contributed by atoms with Gasteiger partial charge in [-0.25, -0.2) is 0 Å². The average molecular weight is 611 g/mol. The smallest absolute Gasteiger partial charge is 0.00199 e. The summed E-state index contributed by atoms with van der Waals surface area (Å²) in [4.78, 5) is 0. The Morgan fingerprint density at radius 3 is 1.35 bits per heavy atom. The van der Waals surface area contributed by atoms with E-state index in [1.807, 2.05) is 0 Å². The largest absolute Gasteiger partial charge is 0.0616 e. The van der Waals surface area contributed by atoms with Gasteiger partial charge in [0.2, 0.25) is 0 Å². The van der Waals surface area contributed by atoms with E-state index in [0.717, 1.165) is 0 Å². The first-order chi connectivity index (χ1) is 23.7. The van der Waals surface area contributed by atoms with Crippen molar-refractivity contribution in [3.63, 3.8) is 0 Å². The van der Waals surface area contributed by atoms with Crippen LogP contribution in [0.2, 0.25) is 0 Å². The Morgan fingerprint density at radius 1 is 0.271 bits per heavy atom. The van der Waals surface area contributed by atoms with Crippen molar-refractivity contribution in [1.82, 2.24) is 0 Å². The maximum atomic E-state index is 2.45. The molecule has 9 rings (SSSR count). The van der Waals surface area contributed by atoms with Crippen molar-refractivity contribution in [1.29, 1.82) is 0 Å². The molecule has 0 aromatic heterocycles. The monoisotopic (exact) mass is 610 g/mol. The highest BCUT2D eigenvalue weighted by molar-refractivity contribution is 6.23. The molecule has 0 aliphatic heterocycles. The van der Waals surface area contributed by atoms with Gasteiger partial charge < -0.3 is 0 Å². The predicted octanol–water partition coefficient (Wildman–Crippen LogP) is 13.6. The van der Waals surface area contributed by atoms with Gasteiger partial charge in [-0.05, 0) is 119 Å². The molecule has 0 radical (unpaired) electrons. The molecule has 0 aliphatic carbocycles. The Bertz CT molecular complexity index is 2620. The number of aryl methyl sites for hydroxylation is 2. The van der Waals surface area contributed by atoms with E-state index < -0.39 is 0 Å². The summed E-state index contributed by atoms with van der Waals surface area (Å²) < 4.78 is 0. The molecule has 0 heterocycles. The van der Waals surface area contributed by atoms with E-state index in [4.69, 9.17) is 0 Å². The van der Waals surface area contributed by atoms with Gasteiger partial charge in [0.05, 0.1) is 0 Å². The highest BCUT2D eigenvalue weighted by atomic mass is 14.2. The molecular formula is C48H34. The van der Waals surface area contributed by atoms with E-state index in [-0.39, 0.29) is 0 Å². The van der Waals surface area contributed by atoms with Crippen LogP contribution in [-0.4, -0.2) is 0 Å². The molecule has 0 unspecified atom stereocenters. The van der Waals surface area contributed by atoms with Crippen molar-refractivity contribution >= 4 is 43.1 Å². The first-order valence-corrected chi connectivity index (χ1v) is 16.8. The summed E-state index contributed by atoms with van der Waals surface area (Å²) in [6.07, 6.45) is 0. The van der Waals surface area contributed by atoms with Crippen molar-refractivity contribution in [3.05, 3.63) is 181 Å². The standard InChI is InChI=1S/C48H34/c1-31-25-26-36(29-32(31)2)47-42-19-7-9-21-44(42)48(45-22-10-8-20-43(45)47)46-30-35(39-23-11-15-33-13-3-5-17-37(33)39)27-28-41(46)40-24-12-16-34-14-4-6-18-38(34)40/h3-30H,1-2H3. The van der Waals surface area contributed by atoms with Gasteiger partial charge in [-0.2, -0.15) is 0 Å². The molecule has 48 heavy (non-hydrogen) atoms. The molecule has 0 heteroatoms. The Labute approximate surface area is 281 Å². The first-order valence-electron chi connectivity index (χ1n) is 16.8. The van der Waals surface area contributed by atoms with Gasteiger partial charge in [0.15, 0.2) is 0 Å². The molecule has 226 valence electrons. The van der Waals surface area contributed by atoms with E-state index in [2.05, 4.69) is 184 Å². The molecule has 0 nitrogen and oxygen atoms in total. The second-order valence-electron chi connectivity index (χ2n) is 13.0. The van der Waals surface area contributed by atoms with Crippen LogP contribution in [-0.2, 0) is 0 Å². The summed E-state index contributed by atoms with van der Waals surface area (Å²) in [6.45, 7) is 4.41. The van der Waals surface area contributed by atoms with Gasteiger partial charge in [0.25, 0.3) is 0 Å². The SMILES string of the molecule is Cc1ccc(-c2c3ccccc3c(-c3cc(-c4cccc5ccccc45)ccc3-c3cccc4ccccc34)c3ccccc23)cc1C. The quantitative estimate of drug-likeness (QED) is 0.174. The molecule has 0 saturated heterocycles. The lowest BCUT2D eigenvalue weighted by Crippen LogP contribution is -1.94. The van der Waals surface area contributed by atoms with E-state index in [9.17, 15) is 0 Å². The normalized spacial score (nSPS) is 11.5.